The average Bonchev–Trinajstić information content (AvgIpc) is 2.21. The fourth-order valence-electron chi connectivity index (χ4n) is 1.11. The van der Waals surface area contributed by atoms with Crippen molar-refractivity contribution in [3.8, 4) is 0 Å². The lowest BCUT2D eigenvalue weighted by Crippen LogP contribution is -2.20. The quantitative estimate of drug-likeness (QED) is 0.698. The molecule has 0 aromatic carbocycles. The molecule has 0 aromatic heterocycles. The van der Waals surface area contributed by atoms with Crippen molar-refractivity contribution in [1.29, 1.82) is 0 Å². The molecular weight excluding hydrogens is 164 g/mol. The summed E-state index contributed by atoms with van der Waals surface area (Å²) < 4.78 is 0. The van der Waals surface area contributed by atoms with Crippen LogP contribution in [-0.2, 0) is 0 Å². The maximum Gasteiger partial charge on any atom is 0.0504 e. The third-order valence-electron chi connectivity index (χ3n) is 2.36. The molecule has 2 N–H and O–H groups in total. The molecule has 1 aliphatic rings. The van der Waals surface area contributed by atoms with Crippen LogP contribution < -0.4 is 0 Å². The van der Waals surface area contributed by atoms with Gasteiger partial charge in [-0.25, -0.2) is 0 Å². The molecular formula is C11H24O2. The molecule has 0 saturated heterocycles. The van der Waals surface area contributed by atoms with Gasteiger partial charge in [0, 0.05) is 5.41 Å². The molecule has 1 aliphatic carbocycles. The summed E-state index contributed by atoms with van der Waals surface area (Å²) in [6.45, 7) is 3.69. The molecule has 1 saturated carbocycles. The minimum absolute atomic E-state index is 0.0451. The molecule has 1 rings (SSSR count). The molecule has 0 atom stereocenters. The predicted molar refractivity (Wildman–Crippen MR) is 55.7 cm³/mol. The van der Waals surface area contributed by atoms with Gasteiger partial charge in [-0.3, -0.25) is 0 Å². The first-order valence-electron chi connectivity index (χ1n) is 5.34. The summed E-state index contributed by atoms with van der Waals surface area (Å²) in [5.74, 6) is 0. The van der Waals surface area contributed by atoms with Crippen LogP contribution in [0.1, 0.15) is 52.4 Å². The highest BCUT2D eigenvalue weighted by atomic mass is 16.3. The molecule has 2 nitrogen and oxygen atoms in total. The van der Waals surface area contributed by atoms with E-state index in [2.05, 4.69) is 0 Å². The van der Waals surface area contributed by atoms with Crippen LogP contribution in [0, 0.1) is 5.41 Å². The van der Waals surface area contributed by atoms with Crippen molar-refractivity contribution in [2.75, 3.05) is 13.2 Å². The summed E-state index contributed by atoms with van der Waals surface area (Å²) in [4.78, 5) is 0. The average molecular weight is 188 g/mol. The largest absolute Gasteiger partial charge is 0.396 e. The number of hydrogen-bond donors (Lipinski definition) is 2. The molecule has 0 spiro atoms. The van der Waals surface area contributed by atoms with E-state index in [1.54, 1.807) is 13.8 Å². The van der Waals surface area contributed by atoms with E-state index in [-0.39, 0.29) is 18.6 Å². The Kier molecular flexibility index (Phi) is 7.29. The van der Waals surface area contributed by atoms with E-state index in [0.717, 1.165) is 0 Å². The standard InChI is InChI=1S/C6H12.C5H12O2/c1-2-4-6-5-3-1;1-5(2,3-6)4-7/h1-6H2;6-7H,3-4H2,1-2H3. The third-order valence-corrected chi connectivity index (χ3v) is 2.36. The van der Waals surface area contributed by atoms with Crippen molar-refractivity contribution in [2.24, 2.45) is 5.41 Å². The van der Waals surface area contributed by atoms with Gasteiger partial charge in [0.2, 0.25) is 0 Å². The van der Waals surface area contributed by atoms with Crippen molar-refractivity contribution in [3.63, 3.8) is 0 Å². The molecule has 80 valence electrons. The van der Waals surface area contributed by atoms with Crippen molar-refractivity contribution in [3.05, 3.63) is 0 Å². The van der Waals surface area contributed by atoms with Crippen LogP contribution in [0.25, 0.3) is 0 Å². The SMILES string of the molecule is C1CCCCC1.CC(C)(CO)CO. The summed E-state index contributed by atoms with van der Waals surface area (Å²) in [6.07, 6.45) is 9.00. The first kappa shape index (κ1) is 12.9. The number of rotatable bonds is 2. The van der Waals surface area contributed by atoms with Crippen LogP contribution in [-0.4, -0.2) is 23.4 Å². The van der Waals surface area contributed by atoms with E-state index >= 15 is 0 Å². The van der Waals surface area contributed by atoms with Gasteiger partial charge in [0.15, 0.2) is 0 Å². The molecule has 0 bridgehead atoms. The Morgan fingerprint density at radius 3 is 1.08 bits per heavy atom. The number of aliphatic hydroxyl groups is 2. The van der Waals surface area contributed by atoms with Gasteiger partial charge in [0.05, 0.1) is 13.2 Å². The highest BCUT2D eigenvalue weighted by Gasteiger charge is 2.13. The number of aliphatic hydroxyl groups excluding tert-OH is 2. The first-order chi connectivity index (χ1) is 6.12. The monoisotopic (exact) mass is 188 g/mol. The van der Waals surface area contributed by atoms with Crippen LogP contribution in [0.4, 0.5) is 0 Å². The van der Waals surface area contributed by atoms with E-state index in [0.29, 0.717) is 0 Å². The van der Waals surface area contributed by atoms with Gasteiger partial charge in [-0.2, -0.15) is 0 Å². The van der Waals surface area contributed by atoms with Crippen molar-refractivity contribution in [2.45, 2.75) is 52.4 Å². The second-order valence-electron chi connectivity index (χ2n) is 4.60. The van der Waals surface area contributed by atoms with E-state index in [1.165, 1.54) is 38.5 Å². The predicted octanol–water partition coefficient (Wildman–Crippen LogP) is 2.34. The lowest BCUT2D eigenvalue weighted by molar-refractivity contribution is 0.0857. The van der Waals surface area contributed by atoms with E-state index in [1.807, 2.05) is 0 Å². The maximum atomic E-state index is 8.43. The first-order valence-corrected chi connectivity index (χ1v) is 5.34. The van der Waals surface area contributed by atoms with Gasteiger partial charge in [0.25, 0.3) is 0 Å². The van der Waals surface area contributed by atoms with Crippen molar-refractivity contribution in [1.82, 2.24) is 0 Å². The molecule has 1 fully saturated rings. The summed E-state index contributed by atoms with van der Waals surface area (Å²) in [6, 6.07) is 0. The van der Waals surface area contributed by atoms with Gasteiger partial charge in [0.1, 0.15) is 0 Å². The Bertz CT molecular complexity index is 89.1. The van der Waals surface area contributed by atoms with Crippen LogP contribution in [0.3, 0.4) is 0 Å². The van der Waals surface area contributed by atoms with Crippen molar-refractivity contribution < 1.29 is 10.2 Å². The Labute approximate surface area is 82.0 Å². The second kappa shape index (κ2) is 7.34. The smallest absolute Gasteiger partial charge is 0.0504 e. The normalized spacial score (nSPS) is 17.5. The van der Waals surface area contributed by atoms with Gasteiger partial charge >= 0.3 is 0 Å². The lowest BCUT2D eigenvalue weighted by atomic mass is 9.97. The fourth-order valence-corrected chi connectivity index (χ4v) is 1.11. The molecule has 0 amide bonds. The van der Waals surface area contributed by atoms with Crippen LogP contribution >= 0.6 is 0 Å². The van der Waals surface area contributed by atoms with Crippen molar-refractivity contribution >= 4 is 0 Å². The maximum absolute atomic E-state index is 8.43. The highest BCUT2D eigenvalue weighted by Crippen LogP contribution is 2.15. The summed E-state index contributed by atoms with van der Waals surface area (Å²) in [5, 5.41) is 16.9. The molecule has 0 unspecified atom stereocenters. The Morgan fingerprint density at radius 2 is 1.00 bits per heavy atom. The summed E-state index contributed by atoms with van der Waals surface area (Å²) in [5.41, 5.74) is -0.306. The second-order valence-corrected chi connectivity index (χ2v) is 4.60. The van der Waals surface area contributed by atoms with Gasteiger partial charge < -0.3 is 10.2 Å². The zero-order valence-corrected chi connectivity index (χ0v) is 9.05. The molecule has 0 aromatic rings. The van der Waals surface area contributed by atoms with Gasteiger partial charge in [-0.05, 0) is 0 Å². The molecule has 0 heterocycles. The number of hydrogen-bond acceptors (Lipinski definition) is 2. The summed E-state index contributed by atoms with van der Waals surface area (Å²) in [7, 11) is 0. The Balaban J connectivity index is 0.000000223. The van der Waals surface area contributed by atoms with E-state index in [9.17, 15) is 0 Å². The fraction of sp³-hybridized carbons (Fsp3) is 1.00. The molecule has 13 heavy (non-hydrogen) atoms. The van der Waals surface area contributed by atoms with Crippen LogP contribution in [0.5, 0.6) is 0 Å². The minimum atomic E-state index is -0.306. The highest BCUT2D eigenvalue weighted by molar-refractivity contribution is 4.62. The zero-order chi connectivity index (χ0) is 10.2. The Morgan fingerprint density at radius 1 is 0.769 bits per heavy atom. The summed E-state index contributed by atoms with van der Waals surface area (Å²) >= 11 is 0. The molecule has 0 aliphatic heterocycles. The zero-order valence-electron chi connectivity index (χ0n) is 9.05. The van der Waals surface area contributed by atoms with Gasteiger partial charge in [-0.1, -0.05) is 52.4 Å². The lowest BCUT2D eigenvalue weighted by Gasteiger charge is -2.16. The van der Waals surface area contributed by atoms with Gasteiger partial charge in [-0.15, -0.1) is 0 Å². The molecule has 2 heteroatoms. The third kappa shape index (κ3) is 8.26. The van der Waals surface area contributed by atoms with Crippen LogP contribution in [0.2, 0.25) is 0 Å². The molecule has 0 radical (unpaired) electrons. The Hall–Kier alpha value is -0.0800. The van der Waals surface area contributed by atoms with E-state index in [4.69, 9.17) is 10.2 Å². The van der Waals surface area contributed by atoms with E-state index < -0.39 is 0 Å². The topological polar surface area (TPSA) is 40.5 Å². The minimum Gasteiger partial charge on any atom is -0.396 e. The van der Waals surface area contributed by atoms with Crippen LogP contribution in [0.15, 0.2) is 0 Å².